The maximum absolute atomic E-state index is 12.7. The summed E-state index contributed by atoms with van der Waals surface area (Å²) in [5.74, 6) is 4.33. The summed E-state index contributed by atoms with van der Waals surface area (Å²) in [5, 5.41) is 3.32. The summed E-state index contributed by atoms with van der Waals surface area (Å²) in [6.07, 6.45) is 10.9. The molecule has 0 saturated heterocycles. The van der Waals surface area contributed by atoms with E-state index in [1.165, 1.54) is 44.1 Å². The molecule has 1 aliphatic heterocycles. The lowest BCUT2D eigenvalue weighted by Gasteiger charge is -2.32. The van der Waals surface area contributed by atoms with Gasteiger partial charge in [0, 0.05) is 18.4 Å². The molecule has 4 heteroatoms. The number of benzene rings is 1. The normalized spacial score (nSPS) is 30.4. The quantitative estimate of drug-likeness (QED) is 0.846. The van der Waals surface area contributed by atoms with E-state index in [4.69, 9.17) is 9.47 Å². The molecule has 1 amide bonds. The van der Waals surface area contributed by atoms with Gasteiger partial charge in [-0.3, -0.25) is 4.79 Å². The molecule has 3 saturated carbocycles. The third-order valence-electron chi connectivity index (χ3n) is 7.67. The van der Waals surface area contributed by atoms with Crippen LogP contribution in [0, 0.1) is 17.8 Å². The predicted molar refractivity (Wildman–Crippen MR) is 104 cm³/mol. The van der Waals surface area contributed by atoms with Gasteiger partial charge in [0.2, 0.25) is 5.91 Å². The first-order valence-electron chi connectivity index (χ1n) is 10.9. The van der Waals surface area contributed by atoms with Crippen molar-refractivity contribution >= 4 is 5.91 Å². The molecule has 1 heterocycles. The number of amides is 1. The van der Waals surface area contributed by atoms with Gasteiger partial charge < -0.3 is 14.8 Å². The van der Waals surface area contributed by atoms with Crippen molar-refractivity contribution in [3.63, 3.8) is 0 Å². The summed E-state index contributed by atoms with van der Waals surface area (Å²) in [4.78, 5) is 12.7. The van der Waals surface area contributed by atoms with Gasteiger partial charge in [0.05, 0.1) is 0 Å². The Hall–Kier alpha value is -1.71. The molecule has 0 spiro atoms. The number of rotatable bonds is 5. The van der Waals surface area contributed by atoms with Crippen molar-refractivity contribution in [2.75, 3.05) is 19.8 Å². The van der Waals surface area contributed by atoms with Crippen molar-refractivity contribution < 1.29 is 14.3 Å². The second-order valence-corrected chi connectivity index (χ2v) is 9.26. The van der Waals surface area contributed by atoms with Crippen LogP contribution in [0.15, 0.2) is 18.2 Å². The number of carbonyl (C=O) groups is 1. The minimum Gasteiger partial charge on any atom is -0.486 e. The van der Waals surface area contributed by atoms with E-state index in [1.54, 1.807) is 0 Å². The van der Waals surface area contributed by atoms with Crippen LogP contribution in [-0.2, 0) is 10.2 Å². The van der Waals surface area contributed by atoms with Gasteiger partial charge in [-0.15, -0.1) is 0 Å². The summed E-state index contributed by atoms with van der Waals surface area (Å²) in [7, 11) is 0. The molecule has 3 aliphatic carbocycles. The van der Waals surface area contributed by atoms with Crippen LogP contribution in [0.4, 0.5) is 0 Å². The van der Waals surface area contributed by atoms with Crippen molar-refractivity contribution in [1.29, 1.82) is 0 Å². The van der Waals surface area contributed by atoms with Gasteiger partial charge in [0.25, 0.3) is 0 Å². The minimum absolute atomic E-state index is 0.0557. The first-order chi connectivity index (χ1) is 13.2. The monoisotopic (exact) mass is 369 g/mol. The van der Waals surface area contributed by atoms with E-state index in [2.05, 4.69) is 17.4 Å². The smallest absolute Gasteiger partial charge is 0.220 e. The fraction of sp³-hybridized carbons (Fsp3) is 0.696. The Kier molecular flexibility index (Phi) is 4.53. The van der Waals surface area contributed by atoms with Gasteiger partial charge in [-0.25, -0.2) is 0 Å². The first-order valence-corrected chi connectivity index (χ1v) is 10.9. The van der Waals surface area contributed by atoms with E-state index in [-0.39, 0.29) is 11.3 Å². The van der Waals surface area contributed by atoms with Crippen molar-refractivity contribution in [3.05, 3.63) is 23.8 Å². The molecule has 3 atom stereocenters. The van der Waals surface area contributed by atoms with Gasteiger partial charge >= 0.3 is 0 Å². The topological polar surface area (TPSA) is 47.6 Å². The predicted octanol–water partition coefficient (Wildman–Crippen LogP) is 4.21. The number of nitrogens with one attached hydrogen (secondary N) is 1. The standard InChI is InChI=1S/C23H31NO3/c25-22(13-18-12-16-3-4-17(18)11-16)24-15-23(7-1-2-8-23)19-5-6-20-21(14-19)27-10-9-26-20/h5-6,14,16-18H,1-4,7-13,15H2,(H,24,25). The van der Waals surface area contributed by atoms with Crippen LogP contribution in [0.2, 0.25) is 0 Å². The molecule has 4 nitrogen and oxygen atoms in total. The maximum atomic E-state index is 12.7. The molecular weight excluding hydrogens is 338 g/mol. The van der Waals surface area contributed by atoms with E-state index >= 15 is 0 Å². The van der Waals surface area contributed by atoms with Gasteiger partial charge in [-0.1, -0.05) is 25.3 Å². The van der Waals surface area contributed by atoms with Crippen LogP contribution < -0.4 is 14.8 Å². The third-order valence-corrected chi connectivity index (χ3v) is 7.67. The Morgan fingerprint density at radius 2 is 1.89 bits per heavy atom. The summed E-state index contributed by atoms with van der Waals surface area (Å²) in [5.41, 5.74) is 1.35. The molecule has 4 aliphatic rings. The molecule has 27 heavy (non-hydrogen) atoms. The second-order valence-electron chi connectivity index (χ2n) is 9.26. The lowest BCUT2D eigenvalue weighted by atomic mass is 9.78. The highest BCUT2D eigenvalue weighted by Crippen LogP contribution is 2.49. The van der Waals surface area contributed by atoms with Crippen molar-refractivity contribution in [3.8, 4) is 11.5 Å². The van der Waals surface area contributed by atoms with Crippen molar-refractivity contribution in [1.82, 2.24) is 5.32 Å². The van der Waals surface area contributed by atoms with Crippen LogP contribution in [0.1, 0.15) is 63.4 Å². The van der Waals surface area contributed by atoms with Crippen LogP contribution in [0.5, 0.6) is 11.5 Å². The number of fused-ring (bicyclic) bond motifs is 3. The largest absolute Gasteiger partial charge is 0.486 e. The zero-order valence-corrected chi connectivity index (χ0v) is 16.2. The highest BCUT2D eigenvalue weighted by molar-refractivity contribution is 5.76. The van der Waals surface area contributed by atoms with Crippen LogP contribution in [0.3, 0.4) is 0 Å². The fourth-order valence-corrected chi connectivity index (χ4v) is 6.20. The first kappa shape index (κ1) is 17.4. The SMILES string of the molecule is O=C(CC1CC2CCC1C2)NCC1(c2ccc3c(c2)OCCO3)CCCC1. The molecule has 1 aromatic carbocycles. The number of hydrogen-bond acceptors (Lipinski definition) is 3. The highest BCUT2D eigenvalue weighted by Gasteiger charge is 2.41. The van der Waals surface area contributed by atoms with Crippen LogP contribution >= 0.6 is 0 Å². The summed E-state index contributed by atoms with van der Waals surface area (Å²) in [6.45, 7) is 1.99. The van der Waals surface area contributed by atoms with Crippen molar-refractivity contribution in [2.45, 2.75) is 63.2 Å². The Morgan fingerprint density at radius 1 is 1.07 bits per heavy atom. The molecule has 0 radical (unpaired) electrons. The minimum atomic E-state index is 0.0557. The fourth-order valence-electron chi connectivity index (χ4n) is 6.20. The second kappa shape index (κ2) is 7.03. The average molecular weight is 370 g/mol. The van der Waals surface area contributed by atoms with Gasteiger partial charge in [-0.2, -0.15) is 0 Å². The number of hydrogen-bond donors (Lipinski definition) is 1. The molecule has 3 fully saturated rings. The summed E-state index contributed by atoms with van der Waals surface area (Å²) < 4.78 is 11.5. The molecule has 1 N–H and O–H groups in total. The molecule has 1 aromatic rings. The number of ether oxygens (including phenoxy) is 2. The Bertz CT molecular complexity index is 710. The molecule has 3 unspecified atom stereocenters. The van der Waals surface area contributed by atoms with Gasteiger partial charge in [0.15, 0.2) is 11.5 Å². The Labute approximate surface area is 162 Å². The van der Waals surface area contributed by atoms with E-state index in [0.717, 1.165) is 49.1 Å². The summed E-state index contributed by atoms with van der Waals surface area (Å²) >= 11 is 0. The average Bonchev–Trinajstić information content (AvgIpc) is 3.44. The number of carbonyl (C=O) groups excluding carboxylic acids is 1. The van der Waals surface area contributed by atoms with E-state index in [0.29, 0.717) is 19.1 Å². The molecule has 0 aromatic heterocycles. The highest BCUT2D eigenvalue weighted by atomic mass is 16.6. The van der Waals surface area contributed by atoms with E-state index in [9.17, 15) is 4.79 Å². The molecular formula is C23H31NO3. The van der Waals surface area contributed by atoms with E-state index in [1.807, 2.05) is 6.07 Å². The van der Waals surface area contributed by atoms with Crippen LogP contribution in [0.25, 0.3) is 0 Å². The zero-order chi connectivity index (χ0) is 18.3. The van der Waals surface area contributed by atoms with Crippen molar-refractivity contribution in [2.24, 2.45) is 17.8 Å². The summed E-state index contributed by atoms with van der Waals surface area (Å²) in [6, 6.07) is 6.38. The molecule has 146 valence electrons. The van der Waals surface area contributed by atoms with Gasteiger partial charge in [-0.05, 0) is 67.6 Å². The third kappa shape index (κ3) is 3.32. The zero-order valence-electron chi connectivity index (χ0n) is 16.2. The molecule has 5 rings (SSSR count). The lowest BCUT2D eigenvalue weighted by Crippen LogP contribution is -2.40. The van der Waals surface area contributed by atoms with Crippen LogP contribution in [-0.4, -0.2) is 25.7 Å². The van der Waals surface area contributed by atoms with E-state index < -0.39 is 0 Å². The Morgan fingerprint density at radius 3 is 2.63 bits per heavy atom. The van der Waals surface area contributed by atoms with Gasteiger partial charge in [0.1, 0.15) is 13.2 Å². The maximum Gasteiger partial charge on any atom is 0.220 e. The Balaban J connectivity index is 1.26. The lowest BCUT2D eigenvalue weighted by molar-refractivity contribution is -0.122. The molecule has 2 bridgehead atoms.